The van der Waals surface area contributed by atoms with E-state index < -0.39 is 35.7 Å². The molecule has 0 bridgehead atoms. The summed E-state index contributed by atoms with van der Waals surface area (Å²) in [5.74, 6) is -0.819. The number of ether oxygens (including phenoxy) is 1. The second-order valence-corrected chi connectivity index (χ2v) is 9.78. The van der Waals surface area contributed by atoms with Crippen LogP contribution in [0.1, 0.15) is 52.0 Å². The number of nitrogens with two attached hydrogens (primary N) is 2. The third-order valence-electron chi connectivity index (χ3n) is 5.57. The van der Waals surface area contributed by atoms with Gasteiger partial charge in [-0.3, -0.25) is 14.6 Å². The van der Waals surface area contributed by atoms with Crippen molar-refractivity contribution in [2.75, 3.05) is 13.1 Å². The monoisotopic (exact) mass is 502 g/mol. The predicted molar refractivity (Wildman–Crippen MR) is 136 cm³/mol. The SMILES string of the molecule is CC(C)(C)OC(=O)N[C@H](Cc1ccccc1)C(=O)N1CCC[C@@H]1C(=O)N[C@H](C=O)CCCN=C(N)N. The molecule has 198 valence electrons. The van der Waals surface area contributed by atoms with Crippen molar-refractivity contribution in [3.05, 3.63) is 35.9 Å². The maximum Gasteiger partial charge on any atom is 0.408 e. The van der Waals surface area contributed by atoms with Crippen molar-refractivity contribution in [3.8, 4) is 0 Å². The minimum absolute atomic E-state index is 0.0353. The van der Waals surface area contributed by atoms with E-state index >= 15 is 0 Å². The van der Waals surface area contributed by atoms with Gasteiger partial charge in [-0.2, -0.15) is 0 Å². The van der Waals surface area contributed by atoms with E-state index in [4.69, 9.17) is 16.2 Å². The summed E-state index contributed by atoms with van der Waals surface area (Å²) in [6.07, 6.45) is 2.16. The fraction of sp³-hybridized carbons (Fsp3) is 0.560. The first kappa shape index (κ1) is 28.6. The Bertz CT molecular complexity index is 927. The summed E-state index contributed by atoms with van der Waals surface area (Å²) in [5, 5.41) is 5.40. The summed E-state index contributed by atoms with van der Waals surface area (Å²) >= 11 is 0. The number of rotatable bonds is 11. The molecule has 1 aromatic carbocycles. The Balaban J connectivity index is 2.10. The van der Waals surface area contributed by atoms with Gasteiger partial charge < -0.3 is 36.5 Å². The summed E-state index contributed by atoms with van der Waals surface area (Å²) in [4.78, 5) is 55.9. The minimum Gasteiger partial charge on any atom is -0.444 e. The maximum absolute atomic E-state index is 13.6. The molecule has 0 spiro atoms. The Morgan fingerprint density at radius 3 is 2.50 bits per heavy atom. The number of nitrogens with zero attached hydrogens (tertiary/aromatic N) is 2. The van der Waals surface area contributed by atoms with E-state index in [0.29, 0.717) is 45.1 Å². The Kier molecular flexibility index (Phi) is 10.7. The van der Waals surface area contributed by atoms with Crippen molar-refractivity contribution in [3.63, 3.8) is 0 Å². The van der Waals surface area contributed by atoms with Gasteiger partial charge >= 0.3 is 6.09 Å². The van der Waals surface area contributed by atoms with Crippen molar-refractivity contribution < 1.29 is 23.9 Å². The van der Waals surface area contributed by atoms with Gasteiger partial charge in [-0.15, -0.1) is 0 Å². The molecule has 11 heteroatoms. The third kappa shape index (κ3) is 9.55. The van der Waals surface area contributed by atoms with Crippen LogP contribution in [0, 0.1) is 0 Å². The summed E-state index contributed by atoms with van der Waals surface area (Å²) in [6.45, 7) is 5.93. The number of carbonyl (C=O) groups excluding carboxylic acids is 4. The van der Waals surface area contributed by atoms with Gasteiger partial charge in [-0.05, 0) is 52.0 Å². The molecule has 0 saturated carbocycles. The van der Waals surface area contributed by atoms with Gasteiger partial charge in [0.25, 0.3) is 0 Å². The zero-order valence-corrected chi connectivity index (χ0v) is 21.2. The van der Waals surface area contributed by atoms with Crippen LogP contribution in [0.3, 0.4) is 0 Å². The molecule has 0 radical (unpaired) electrons. The number of hydrogen-bond acceptors (Lipinski definition) is 6. The number of aliphatic imine (C=N–C) groups is 1. The Morgan fingerprint density at radius 2 is 1.89 bits per heavy atom. The molecule has 36 heavy (non-hydrogen) atoms. The van der Waals surface area contributed by atoms with Gasteiger partial charge in [0, 0.05) is 19.5 Å². The molecule has 0 unspecified atom stereocenters. The number of hydrogen-bond donors (Lipinski definition) is 4. The molecule has 1 fully saturated rings. The van der Waals surface area contributed by atoms with Gasteiger partial charge in [0.1, 0.15) is 24.0 Å². The largest absolute Gasteiger partial charge is 0.444 e. The normalized spacial score (nSPS) is 17.0. The van der Waals surface area contributed by atoms with Crippen LogP contribution in [-0.4, -0.2) is 71.9 Å². The lowest BCUT2D eigenvalue weighted by Gasteiger charge is -2.30. The Hall–Kier alpha value is -3.63. The van der Waals surface area contributed by atoms with Crippen LogP contribution in [0.15, 0.2) is 35.3 Å². The van der Waals surface area contributed by atoms with Crippen molar-refractivity contribution in [2.45, 2.75) is 76.6 Å². The Morgan fingerprint density at radius 1 is 1.19 bits per heavy atom. The average Bonchev–Trinajstić information content (AvgIpc) is 3.29. The number of amides is 3. The molecule has 1 aliphatic heterocycles. The molecule has 11 nitrogen and oxygen atoms in total. The van der Waals surface area contributed by atoms with E-state index in [9.17, 15) is 19.2 Å². The van der Waals surface area contributed by atoms with E-state index in [-0.39, 0.29) is 18.3 Å². The molecule has 0 aromatic heterocycles. The van der Waals surface area contributed by atoms with Crippen LogP contribution in [0.2, 0.25) is 0 Å². The maximum atomic E-state index is 13.6. The van der Waals surface area contributed by atoms with Crippen LogP contribution in [0.25, 0.3) is 0 Å². The lowest BCUT2D eigenvalue weighted by atomic mass is 10.0. The molecule has 0 aliphatic carbocycles. The van der Waals surface area contributed by atoms with Gasteiger partial charge in [-0.25, -0.2) is 4.79 Å². The summed E-state index contributed by atoms with van der Waals surface area (Å²) in [5.41, 5.74) is 10.7. The predicted octanol–water partition coefficient (Wildman–Crippen LogP) is 0.851. The van der Waals surface area contributed by atoms with Crippen LogP contribution >= 0.6 is 0 Å². The van der Waals surface area contributed by atoms with Crippen molar-refractivity contribution in [1.82, 2.24) is 15.5 Å². The van der Waals surface area contributed by atoms with Crippen LogP contribution in [0.4, 0.5) is 4.79 Å². The molecule has 1 heterocycles. The lowest BCUT2D eigenvalue weighted by Crippen LogP contribution is -2.55. The first-order valence-electron chi connectivity index (χ1n) is 12.1. The van der Waals surface area contributed by atoms with E-state index in [1.165, 1.54) is 4.90 Å². The highest BCUT2D eigenvalue weighted by Gasteiger charge is 2.38. The van der Waals surface area contributed by atoms with E-state index in [1.54, 1.807) is 20.8 Å². The molecule has 1 aliphatic rings. The number of guanidine groups is 1. The van der Waals surface area contributed by atoms with E-state index in [1.807, 2.05) is 30.3 Å². The number of aldehydes is 1. The molecular weight excluding hydrogens is 464 g/mol. The third-order valence-corrected chi connectivity index (χ3v) is 5.57. The topological polar surface area (TPSA) is 169 Å². The first-order chi connectivity index (χ1) is 17.0. The van der Waals surface area contributed by atoms with E-state index in [0.717, 1.165) is 5.56 Å². The van der Waals surface area contributed by atoms with Gasteiger partial charge in [0.15, 0.2) is 5.96 Å². The highest BCUT2D eigenvalue weighted by Crippen LogP contribution is 2.20. The van der Waals surface area contributed by atoms with Crippen LogP contribution in [0.5, 0.6) is 0 Å². The quantitative estimate of drug-likeness (QED) is 0.150. The molecule has 3 atom stereocenters. The summed E-state index contributed by atoms with van der Waals surface area (Å²) < 4.78 is 5.36. The summed E-state index contributed by atoms with van der Waals surface area (Å²) in [7, 11) is 0. The van der Waals surface area contributed by atoms with Crippen molar-refractivity contribution in [2.24, 2.45) is 16.5 Å². The number of benzene rings is 1. The van der Waals surface area contributed by atoms with E-state index in [2.05, 4.69) is 15.6 Å². The number of alkyl carbamates (subject to hydrolysis) is 1. The lowest BCUT2D eigenvalue weighted by molar-refractivity contribution is -0.140. The van der Waals surface area contributed by atoms with Gasteiger partial charge in [0.2, 0.25) is 11.8 Å². The number of carbonyl (C=O) groups is 4. The average molecular weight is 503 g/mol. The molecule has 3 amide bonds. The highest BCUT2D eigenvalue weighted by molar-refractivity contribution is 5.92. The molecule has 2 rings (SSSR count). The van der Waals surface area contributed by atoms with Gasteiger partial charge in [-0.1, -0.05) is 30.3 Å². The highest BCUT2D eigenvalue weighted by atomic mass is 16.6. The number of nitrogens with one attached hydrogen (secondary N) is 2. The minimum atomic E-state index is -0.919. The molecule has 1 aromatic rings. The fourth-order valence-electron chi connectivity index (χ4n) is 3.98. The second-order valence-electron chi connectivity index (χ2n) is 9.78. The van der Waals surface area contributed by atoms with Crippen LogP contribution < -0.4 is 22.1 Å². The van der Waals surface area contributed by atoms with Crippen molar-refractivity contribution in [1.29, 1.82) is 0 Å². The smallest absolute Gasteiger partial charge is 0.408 e. The van der Waals surface area contributed by atoms with Crippen LogP contribution in [-0.2, 0) is 25.5 Å². The van der Waals surface area contributed by atoms with Gasteiger partial charge in [0.05, 0.1) is 6.04 Å². The fourth-order valence-corrected chi connectivity index (χ4v) is 3.98. The standard InChI is InChI=1S/C25H38N6O5/c1-25(2,3)36-24(35)30-19(15-17-9-5-4-6-10-17)22(34)31-14-8-12-20(31)21(33)29-18(16-32)11-7-13-28-23(26)27/h4-6,9-10,16,18-20H,7-8,11-15H2,1-3H3,(H,29,33)(H,30,35)(H4,26,27,28)/t18-,19+,20+/m0/s1. The molecular formula is C25H38N6O5. The zero-order chi connectivity index (χ0) is 26.7. The first-order valence-corrected chi connectivity index (χ1v) is 12.1. The Labute approximate surface area is 212 Å². The zero-order valence-electron chi connectivity index (χ0n) is 21.2. The molecule has 1 saturated heterocycles. The number of likely N-dealkylation sites (tertiary alicyclic amines) is 1. The summed E-state index contributed by atoms with van der Waals surface area (Å²) in [6, 6.07) is 6.91. The molecule has 6 N–H and O–H groups in total. The second kappa shape index (κ2) is 13.5. The van der Waals surface area contributed by atoms with Crippen molar-refractivity contribution >= 4 is 30.2 Å².